The molecule has 1 aliphatic carbocycles. The van der Waals surface area contributed by atoms with Crippen LogP contribution >= 0.6 is 7.75 Å². The average molecular weight is 654 g/mol. The van der Waals surface area contributed by atoms with Crippen molar-refractivity contribution in [2.45, 2.75) is 95.4 Å². The largest absolute Gasteiger partial charge is 0.462 e. The highest BCUT2D eigenvalue weighted by atomic mass is 31.2. The van der Waals surface area contributed by atoms with Crippen LogP contribution in [0, 0.1) is 0 Å². The fourth-order valence-electron chi connectivity index (χ4n) is 5.34. The number of nitrogens with two attached hydrogens (primary N) is 1. The first-order valence-corrected chi connectivity index (χ1v) is 16.2. The standard InChI is InChI=1S/C28H38F2N7O7P/c1-16(2)42-23(38)17(3)36-45(40,44-19-12-6-5-7-13-19)41-14-28(30)24(39)27(4,29)25(43-28)37-15-32-20-21(33-18-10-8-9-11-18)34-26(31)35-22(20)37/h5-7,12-13,15-18,24-25,39H,8-11,14H2,1-4H3,(H,36,40)(H3,31,33,34,35)/t17-,24-,25+,27+,28+,45-/m0/s1. The Morgan fingerprint density at radius 2 is 1.91 bits per heavy atom. The highest BCUT2D eigenvalue weighted by Gasteiger charge is 2.65. The number of rotatable bonds is 12. The molecule has 17 heteroatoms. The third-order valence-electron chi connectivity index (χ3n) is 7.58. The summed E-state index contributed by atoms with van der Waals surface area (Å²) in [4.78, 5) is 25.2. The van der Waals surface area contributed by atoms with Gasteiger partial charge in [-0.25, -0.2) is 18.3 Å². The molecule has 45 heavy (non-hydrogen) atoms. The molecule has 0 amide bonds. The number of aliphatic hydroxyl groups excluding tert-OH is 1. The van der Waals surface area contributed by atoms with E-state index in [0.29, 0.717) is 5.82 Å². The lowest BCUT2D eigenvalue weighted by Crippen LogP contribution is -2.47. The van der Waals surface area contributed by atoms with Crippen LogP contribution in [0.2, 0.25) is 0 Å². The molecule has 5 N–H and O–H groups in total. The fourth-order valence-corrected chi connectivity index (χ4v) is 6.84. The second-order valence-corrected chi connectivity index (χ2v) is 13.4. The Bertz CT molecular complexity index is 1560. The number of alkyl halides is 2. The first-order valence-electron chi connectivity index (χ1n) is 14.7. The van der Waals surface area contributed by atoms with Crippen molar-refractivity contribution in [2.75, 3.05) is 17.7 Å². The number of nitrogens with one attached hydrogen (secondary N) is 2. The van der Waals surface area contributed by atoms with Crippen molar-refractivity contribution in [3.63, 3.8) is 0 Å². The molecular formula is C28H38F2N7O7P. The summed E-state index contributed by atoms with van der Waals surface area (Å²) in [5.41, 5.74) is 3.49. The molecule has 14 nitrogen and oxygen atoms in total. The average Bonchev–Trinajstić information content (AvgIpc) is 3.68. The van der Waals surface area contributed by atoms with E-state index >= 15 is 8.78 Å². The van der Waals surface area contributed by atoms with Gasteiger partial charge in [0, 0.05) is 6.04 Å². The van der Waals surface area contributed by atoms with Crippen LogP contribution < -0.4 is 20.7 Å². The molecular weight excluding hydrogens is 615 g/mol. The van der Waals surface area contributed by atoms with Crippen LogP contribution in [-0.4, -0.2) is 73.0 Å². The summed E-state index contributed by atoms with van der Waals surface area (Å²) in [7, 11) is -4.57. The summed E-state index contributed by atoms with van der Waals surface area (Å²) in [5, 5.41) is 16.6. The molecule has 2 aliphatic rings. The van der Waals surface area contributed by atoms with Gasteiger partial charge in [-0.1, -0.05) is 31.0 Å². The van der Waals surface area contributed by atoms with Gasteiger partial charge in [0.15, 0.2) is 35.0 Å². The van der Waals surface area contributed by atoms with Crippen LogP contribution in [0.4, 0.5) is 20.5 Å². The summed E-state index contributed by atoms with van der Waals surface area (Å²) < 4.78 is 69.1. The van der Waals surface area contributed by atoms with Crippen molar-refractivity contribution < 1.29 is 41.8 Å². The normalized spacial score (nSPS) is 27.5. The maximum atomic E-state index is 16.4. The SMILES string of the molecule is CC(C)OC(=O)[C@H](C)N[P@](=O)(OC[C@@]1(F)O[C@@H](n2cnc3c(NC4CCCC4)nc(N)nc32)[C@](C)(F)[C@@H]1O)Oc1ccccc1. The maximum Gasteiger partial charge on any atom is 0.459 e. The maximum absolute atomic E-state index is 16.4. The molecule has 0 unspecified atom stereocenters. The second-order valence-electron chi connectivity index (χ2n) is 11.7. The number of nitrogen functional groups attached to an aromatic ring is 1. The number of hydrogen-bond acceptors (Lipinski definition) is 12. The number of imidazole rings is 1. The van der Waals surface area contributed by atoms with Crippen molar-refractivity contribution >= 4 is 36.6 Å². The highest BCUT2D eigenvalue weighted by molar-refractivity contribution is 7.52. The summed E-state index contributed by atoms with van der Waals surface area (Å²) in [5.74, 6) is -3.74. The number of aliphatic hydroxyl groups is 1. The number of carbonyl (C=O) groups is 1. The second kappa shape index (κ2) is 12.8. The number of nitrogens with zero attached hydrogens (tertiary/aromatic N) is 4. The summed E-state index contributed by atoms with van der Waals surface area (Å²) in [6.45, 7) is 4.30. The van der Waals surface area contributed by atoms with E-state index in [1.165, 1.54) is 25.4 Å². The van der Waals surface area contributed by atoms with Gasteiger partial charge >= 0.3 is 13.7 Å². The Balaban J connectivity index is 1.40. The quantitative estimate of drug-likeness (QED) is 0.161. The molecule has 2 fully saturated rings. The topological polar surface area (TPSA) is 185 Å². The Kier molecular flexibility index (Phi) is 9.34. The van der Waals surface area contributed by atoms with E-state index in [0.717, 1.165) is 37.2 Å². The number of carbonyl (C=O) groups excluding carboxylic acids is 1. The number of hydrogen-bond donors (Lipinski definition) is 4. The molecule has 1 saturated carbocycles. The Morgan fingerprint density at radius 1 is 1.22 bits per heavy atom. The van der Waals surface area contributed by atoms with Crippen molar-refractivity contribution in [1.29, 1.82) is 0 Å². The summed E-state index contributed by atoms with van der Waals surface area (Å²) in [6, 6.07) is 6.72. The number of fused-ring (bicyclic) bond motifs is 1. The zero-order valence-corrected chi connectivity index (χ0v) is 26.2. The van der Waals surface area contributed by atoms with E-state index < -0.39 is 56.3 Å². The van der Waals surface area contributed by atoms with E-state index in [-0.39, 0.29) is 28.9 Å². The van der Waals surface area contributed by atoms with Gasteiger partial charge in [-0.05, 0) is 52.7 Å². The number of ether oxygens (including phenoxy) is 2. The van der Waals surface area contributed by atoms with Crippen LogP contribution in [0.25, 0.3) is 11.2 Å². The van der Waals surface area contributed by atoms with E-state index in [1.807, 2.05) is 0 Å². The fraction of sp³-hybridized carbons (Fsp3) is 0.571. The first kappa shape index (κ1) is 32.9. The predicted molar refractivity (Wildman–Crippen MR) is 160 cm³/mol. The van der Waals surface area contributed by atoms with E-state index in [9.17, 15) is 14.5 Å². The lowest BCUT2D eigenvalue weighted by molar-refractivity contribution is -0.202. The van der Waals surface area contributed by atoms with Crippen LogP contribution in [0.5, 0.6) is 5.75 Å². The van der Waals surface area contributed by atoms with Gasteiger partial charge in [0.1, 0.15) is 18.4 Å². The minimum absolute atomic E-state index is 0.0477. The molecule has 1 saturated heterocycles. The highest BCUT2D eigenvalue weighted by Crippen LogP contribution is 2.52. The van der Waals surface area contributed by atoms with Crippen molar-refractivity contribution in [3.8, 4) is 5.75 Å². The molecule has 0 spiro atoms. The minimum Gasteiger partial charge on any atom is -0.462 e. The smallest absolute Gasteiger partial charge is 0.459 e. The first-order chi connectivity index (χ1) is 21.2. The lowest BCUT2D eigenvalue weighted by Gasteiger charge is -2.28. The van der Waals surface area contributed by atoms with Crippen molar-refractivity contribution in [1.82, 2.24) is 24.6 Å². The van der Waals surface area contributed by atoms with Gasteiger partial charge < -0.3 is 30.2 Å². The number of para-hydroxylation sites is 1. The Hall–Kier alpha value is -3.43. The number of anilines is 2. The molecule has 0 bridgehead atoms. The summed E-state index contributed by atoms with van der Waals surface area (Å²) in [6.07, 6.45) is 0.463. The van der Waals surface area contributed by atoms with Crippen LogP contribution in [0.15, 0.2) is 36.7 Å². The molecule has 246 valence electrons. The van der Waals surface area contributed by atoms with Crippen LogP contribution in [0.1, 0.15) is 59.6 Å². The van der Waals surface area contributed by atoms with Crippen LogP contribution in [0.3, 0.4) is 0 Å². The van der Waals surface area contributed by atoms with Crippen molar-refractivity contribution in [2.24, 2.45) is 0 Å². The molecule has 5 rings (SSSR count). The molecule has 0 radical (unpaired) electrons. The molecule has 3 heterocycles. The molecule has 3 aromatic rings. The Labute approximate surface area is 258 Å². The third kappa shape index (κ3) is 7.04. The van der Waals surface area contributed by atoms with Crippen molar-refractivity contribution in [3.05, 3.63) is 36.7 Å². The summed E-state index contributed by atoms with van der Waals surface area (Å²) >= 11 is 0. The van der Waals surface area contributed by atoms with Crippen LogP contribution in [-0.2, 0) is 23.4 Å². The molecule has 1 aliphatic heterocycles. The lowest BCUT2D eigenvalue weighted by atomic mass is 9.97. The minimum atomic E-state index is -4.57. The third-order valence-corrected chi connectivity index (χ3v) is 9.20. The van der Waals surface area contributed by atoms with Gasteiger partial charge in [-0.2, -0.15) is 15.1 Å². The number of aromatic nitrogens is 4. The predicted octanol–water partition coefficient (Wildman–Crippen LogP) is 4.18. The van der Waals surface area contributed by atoms with Gasteiger partial charge in [0.25, 0.3) is 5.85 Å². The molecule has 1 aromatic carbocycles. The Morgan fingerprint density at radius 3 is 2.58 bits per heavy atom. The van der Waals surface area contributed by atoms with Gasteiger partial charge in [-0.3, -0.25) is 13.9 Å². The van der Waals surface area contributed by atoms with E-state index in [1.54, 1.807) is 32.0 Å². The van der Waals surface area contributed by atoms with E-state index in [2.05, 4.69) is 25.4 Å². The molecule has 2 aromatic heterocycles. The zero-order valence-electron chi connectivity index (χ0n) is 25.4. The monoisotopic (exact) mass is 653 g/mol. The van der Waals surface area contributed by atoms with Gasteiger partial charge in [0.2, 0.25) is 5.95 Å². The van der Waals surface area contributed by atoms with Gasteiger partial charge in [0.05, 0.1) is 12.4 Å². The number of benzene rings is 1. The zero-order chi connectivity index (χ0) is 32.6. The number of halogens is 2. The van der Waals surface area contributed by atoms with E-state index in [4.69, 9.17) is 24.3 Å². The molecule has 6 atom stereocenters. The number of esters is 1. The van der Waals surface area contributed by atoms with Gasteiger partial charge in [-0.15, -0.1) is 0 Å².